The van der Waals surface area contributed by atoms with Crippen molar-refractivity contribution in [3.63, 3.8) is 0 Å². The van der Waals surface area contributed by atoms with E-state index in [1.54, 1.807) is 6.07 Å². The summed E-state index contributed by atoms with van der Waals surface area (Å²) in [6.07, 6.45) is 4.53. The van der Waals surface area contributed by atoms with Gasteiger partial charge in [-0.15, -0.1) is 0 Å². The molecule has 0 aromatic carbocycles. The molecule has 7 heteroatoms. The van der Waals surface area contributed by atoms with E-state index in [-0.39, 0.29) is 17.0 Å². The number of pyridine rings is 1. The second kappa shape index (κ2) is 7.22. The number of carboxylic acid groups (broad SMARTS) is 1. The van der Waals surface area contributed by atoms with E-state index in [0.29, 0.717) is 35.3 Å². The van der Waals surface area contributed by atoms with Crippen LogP contribution in [0.3, 0.4) is 0 Å². The van der Waals surface area contributed by atoms with Gasteiger partial charge in [0.1, 0.15) is 5.15 Å². The number of hydrogen-bond acceptors (Lipinski definition) is 3. The Balaban J connectivity index is 1.85. The Morgan fingerprint density at radius 3 is 2.67 bits per heavy atom. The van der Waals surface area contributed by atoms with E-state index in [4.69, 9.17) is 16.7 Å². The van der Waals surface area contributed by atoms with E-state index in [1.807, 2.05) is 0 Å². The topological polar surface area (TPSA) is 79.3 Å². The predicted molar refractivity (Wildman–Crippen MR) is 82.4 cm³/mol. The normalized spacial score (nSPS) is 21.8. The molecule has 114 valence electrons. The van der Waals surface area contributed by atoms with Crippen LogP contribution in [0.2, 0.25) is 5.15 Å². The Kier molecular flexibility index (Phi) is 5.58. The number of amides is 1. The highest BCUT2D eigenvalue weighted by molar-refractivity contribution is 9.10. The quantitative estimate of drug-likeness (QED) is 0.793. The molecular formula is C14H16BrClN2O3. The average Bonchev–Trinajstić information content (AvgIpc) is 2.47. The molecule has 1 aliphatic rings. The molecule has 5 nitrogen and oxygen atoms in total. The predicted octanol–water partition coefficient (Wildman–Crippen LogP) is 3.12. The maximum absolute atomic E-state index is 12.1. The van der Waals surface area contributed by atoms with Gasteiger partial charge in [-0.25, -0.2) is 4.98 Å². The van der Waals surface area contributed by atoms with Crippen molar-refractivity contribution in [2.75, 3.05) is 6.54 Å². The van der Waals surface area contributed by atoms with Crippen molar-refractivity contribution >= 4 is 39.4 Å². The first-order valence-electron chi connectivity index (χ1n) is 6.79. The van der Waals surface area contributed by atoms with Gasteiger partial charge in [-0.1, -0.05) is 11.6 Å². The summed E-state index contributed by atoms with van der Waals surface area (Å²) in [6.45, 7) is 0.536. The van der Waals surface area contributed by atoms with Gasteiger partial charge < -0.3 is 10.4 Å². The third-order valence-corrected chi connectivity index (χ3v) is 4.53. The largest absolute Gasteiger partial charge is 0.481 e. The van der Waals surface area contributed by atoms with Gasteiger partial charge in [-0.05, 0) is 53.6 Å². The van der Waals surface area contributed by atoms with Crippen molar-refractivity contribution in [2.24, 2.45) is 11.8 Å². The zero-order valence-corrected chi connectivity index (χ0v) is 13.7. The molecule has 1 fully saturated rings. The van der Waals surface area contributed by atoms with Crippen LogP contribution in [0.4, 0.5) is 0 Å². The van der Waals surface area contributed by atoms with Crippen molar-refractivity contribution in [1.82, 2.24) is 10.3 Å². The Labute approximate surface area is 136 Å². The van der Waals surface area contributed by atoms with Crippen LogP contribution in [0.5, 0.6) is 0 Å². The molecule has 0 saturated heterocycles. The average molecular weight is 376 g/mol. The third kappa shape index (κ3) is 4.41. The molecule has 1 aromatic rings. The van der Waals surface area contributed by atoms with E-state index >= 15 is 0 Å². The Bertz CT molecular complexity index is 545. The number of hydrogen-bond donors (Lipinski definition) is 2. The molecule has 1 aliphatic carbocycles. The number of nitrogens with one attached hydrogen (secondary N) is 1. The number of nitrogens with zero attached hydrogens (tertiary/aromatic N) is 1. The van der Waals surface area contributed by atoms with Crippen molar-refractivity contribution in [1.29, 1.82) is 0 Å². The summed E-state index contributed by atoms with van der Waals surface area (Å²) >= 11 is 9.16. The molecule has 0 atom stereocenters. The fourth-order valence-corrected chi connectivity index (χ4v) is 3.05. The van der Waals surface area contributed by atoms with Crippen LogP contribution in [0.1, 0.15) is 36.0 Å². The minimum Gasteiger partial charge on any atom is -0.481 e. The van der Waals surface area contributed by atoms with E-state index in [1.165, 1.54) is 6.20 Å². The molecule has 2 rings (SSSR count). The van der Waals surface area contributed by atoms with Crippen LogP contribution in [0.25, 0.3) is 0 Å². The summed E-state index contributed by atoms with van der Waals surface area (Å²) in [7, 11) is 0. The molecule has 1 saturated carbocycles. The van der Waals surface area contributed by atoms with Crippen molar-refractivity contribution < 1.29 is 14.7 Å². The molecule has 2 N–H and O–H groups in total. The first-order valence-corrected chi connectivity index (χ1v) is 7.96. The highest BCUT2D eigenvalue weighted by Gasteiger charge is 2.26. The molecular weight excluding hydrogens is 360 g/mol. The lowest BCUT2D eigenvalue weighted by atomic mass is 9.82. The standard InChI is InChI=1S/C14H16BrClN2O3/c15-10-5-11(12(16)17-7-10)13(19)18-6-8-1-3-9(4-2-8)14(20)21/h5,7-9H,1-4,6H2,(H,18,19)(H,20,21). The summed E-state index contributed by atoms with van der Waals surface area (Å²) in [6, 6.07) is 1.63. The number of carbonyl (C=O) groups is 2. The van der Waals surface area contributed by atoms with E-state index in [2.05, 4.69) is 26.2 Å². The number of carboxylic acids is 1. The molecule has 1 aromatic heterocycles. The van der Waals surface area contributed by atoms with Gasteiger partial charge in [0.15, 0.2) is 0 Å². The van der Waals surface area contributed by atoms with Gasteiger partial charge in [0.05, 0.1) is 11.5 Å². The monoisotopic (exact) mass is 374 g/mol. The molecule has 0 radical (unpaired) electrons. The lowest BCUT2D eigenvalue weighted by Gasteiger charge is -2.26. The zero-order chi connectivity index (χ0) is 15.4. The van der Waals surface area contributed by atoms with Crippen LogP contribution < -0.4 is 5.32 Å². The van der Waals surface area contributed by atoms with E-state index in [0.717, 1.165) is 12.8 Å². The Morgan fingerprint density at radius 2 is 2.05 bits per heavy atom. The molecule has 0 unspecified atom stereocenters. The van der Waals surface area contributed by atoms with Crippen molar-refractivity contribution in [3.8, 4) is 0 Å². The minimum absolute atomic E-state index is 0.172. The Hall–Kier alpha value is -1.14. The van der Waals surface area contributed by atoms with Gasteiger partial charge in [0.25, 0.3) is 5.91 Å². The maximum atomic E-state index is 12.1. The van der Waals surface area contributed by atoms with Gasteiger partial charge in [0.2, 0.25) is 0 Å². The van der Waals surface area contributed by atoms with E-state index < -0.39 is 5.97 Å². The van der Waals surface area contributed by atoms with Crippen molar-refractivity contribution in [3.05, 3.63) is 27.5 Å². The zero-order valence-electron chi connectivity index (χ0n) is 11.3. The number of aliphatic carboxylic acids is 1. The van der Waals surface area contributed by atoms with Crippen LogP contribution in [-0.2, 0) is 4.79 Å². The Morgan fingerprint density at radius 1 is 1.38 bits per heavy atom. The summed E-state index contributed by atoms with van der Waals surface area (Å²) in [5.74, 6) is -0.886. The summed E-state index contributed by atoms with van der Waals surface area (Å²) in [4.78, 5) is 26.9. The van der Waals surface area contributed by atoms with Crippen LogP contribution in [0, 0.1) is 11.8 Å². The third-order valence-electron chi connectivity index (χ3n) is 3.80. The van der Waals surface area contributed by atoms with Crippen LogP contribution in [-0.4, -0.2) is 28.5 Å². The summed E-state index contributed by atoms with van der Waals surface area (Å²) in [5, 5.41) is 12.0. The summed E-state index contributed by atoms with van der Waals surface area (Å²) in [5.41, 5.74) is 0.338. The minimum atomic E-state index is -0.718. The molecule has 0 spiro atoms. The van der Waals surface area contributed by atoms with Crippen molar-refractivity contribution in [2.45, 2.75) is 25.7 Å². The number of rotatable bonds is 4. The number of carbonyl (C=O) groups excluding carboxylic acids is 1. The second-order valence-electron chi connectivity index (χ2n) is 5.26. The molecule has 21 heavy (non-hydrogen) atoms. The van der Waals surface area contributed by atoms with Gasteiger partial charge >= 0.3 is 5.97 Å². The van der Waals surface area contributed by atoms with Gasteiger partial charge in [0, 0.05) is 17.2 Å². The molecule has 0 bridgehead atoms. The lowest BCUT2D eigenvalue weighted by molar-refractivity contribution is -0.143. The van der Waals surface area contributed by atoms with Gasteiger partial charge in [-0.3, -0.25) is 9.59 Å². The lowest BCUT2D eigenvalue weighted by Crippen LogP contribution is -2.32. The number of halogens is 2. The molecule has 0 aliphatic heterocycles. The fraction of sp³-hybridized carbons (Fsp3) is 0.500. The first kappa shape index (κ1) is 16.2. The van der Waals surface area contributed by atoms with Crippen LogP contribution >= 0.6 is 27.5 Å². The second-order valence-corrected chi connectivity index (χ2v) is 6.53. The van der Waals surface area contributed by atoms with E-state index in [9.17, 15) is 9.59 Å². The maximum Gasteiger partial charge on any atom is 0.306 e. The molecule has 1 amide bonds. The SMILES string of the molecule is O=C(NCC1CCC(C(=O)O)CC1)c1cc(Br)cnc1Cl. The highest BCUT2D eigenvalue weighted by atomic mass is 79.9. The highest BCUT2D eigenvalue weighted by Crippen LogP contribution is 2.28. The molecule has 1 heterocycles. The van der Waals surface area contributed by atoms with Gasteiger partial charge in [-0.2, -0.15) is 0 Å². The number of aromatic nitrogens is 1. The smallest absolute Gasteiger partial charge is 0.306 e. The summed E-state index contributed by atoms with van der Waals surface area (Å²) < 4.78 is 0.694. The first-order chi connectivity index (χ1) is 9.97. The fourth-order valence-electron chi connectivity index (χ4n) is 2.53. The van der Waals surface area contributed by atoms with Crippen LogP contribution in [0.15, 0.2) is 16.7 Å².